The van der Waals surface area contributed by atoms with Crippen molar-refractivity contribution in [3.05, 3.63) is 11.5 Å². The van der Waals surface area contributed by atoms with Crippen LogP contribution in [0.1, 0.15) is 6.42 Å². The maximum Gasteiger partial charge on any atom is 0.207 e. The molecule has 0 radical (unpaired) electrons. The zero-order valence-corrected chi connectivity index (χ0v) is 5.65. The van der Waals surface area contributed by atoms with Gasteiger partial charge in [0.25, 0.3) is 0 Å². The SMILES string of the molecule is [C-]#[N+]N=C(N)CC(N)=NC#N. The average Bonchev–Trinajstić information content (AvgIpc) is 1.87. The van der Waals surface area contributed by atoms with Crippen molar-refractivity contribution in [1.82, 2.24) is 0 Å². The highest BCUT2D eigenvalue weighted by Gasteiger charge is 1.98. The predicted molar refractivity (Wildman–Crippen MR) is 40.1 cm³/mol. The number of hydrogen-bond acceptors (Lipinski definition) is 3. The van der Waals surface area contributed by atoms with Gasteiger partial charge in [-0.1, -0.05) is 0 Å². The lowest BCUT2D eigenvalue weighted by Crippen LogP contribution is -2.22. The minimum Gasteiger partial charge on any atom is -0.386 e. The van der Waals surface area contributed by atoms with Gasteiger partial charge in [0.1, 0.15) is 10.9 Å². The van der Waals surface area contributed by atoms with Crippen molar-refractivity contribution in [3.8, 4) is 6.19 Å². The first-order valence-corrected chi connectivity index (χ1v) is 2.60. The summed E-state index contributed by atoms with van der Waals surface area (Å²) in [5, 5.41) is 11.2. The van der Waals surface area contributed by atoms with Crippen LogP contribution in [0, 0.1) is 18.0 Å². The zero-order valence-electron chi connectivity index (χ0n) is 5.65. The van der Waals surface area contributed by atoms with Crippen molar-refractivity contribution >= 4 is 11.7 Å². The van der Waals surface area contributed by atoms with Crippen LogP contribution >= 0.6 is 0 Å². The second kappa shape index (κ2) is 4.77. The second-order valence-electron chi connectivity index (χ2n) is 1.57. The van der Waals surface area contributed by atoms with Gasteiger partial charge < -0.3 is 11.5 Å². The van der Waals surface area contributed by atoms with E-state index in [1.165, 1.54) is 6.19 Å². The Balaban J connectivity index is 4.10. The molecule has 0 spiro atoms. The van der Waals surface area contributed by atoms with Crippen molar-refractivity contribution in [2.24, 2.45) is 21.6 Å². The van der Waals surface area contributed by atoms with E-state index < -0.39 is 0 Å². The summed E-state index contributed by atoms with van der Waals surface area (Å²) < 4.78 is 0. The van der Waals surface area contributed by atoms with E-state index in [9.17, 15) is 0 Å². The summed E-state index contributed by atoms with van der Waals surface area (Å²) in [5.74, 6) is 0.105. The molecule has 11 heavy (non-hydrogen) atoms. The van der Waals surface area contributed by atoms with Crippen molar-refractivity contribution in [2.45, 2.75) is 6.42 Å². The number of amidine groups is 2. The monoisotopic (exact) mass is 150 g/mol. The second-order valence-corrected chi connectivity index (χ2v) is 1.57. The van der Waals surface area contributed by atoms with Gasteiger partial charge in [-0.3, -0.25) is 0 Å². The van der Waals surface area contributed by atoms with Crippen LogP contribution in [0.3, 0.4) is 0 Å². The molecule has 0 atom stereocenters. The van der Waals surface area contributed by atoms with Crippen molar-refractivity contribution in [3.63, 3.8) is 0 Å². The average molecular weight is 150 g/mol. The number of nitriles is 1. The molecule has 0 aliphatic rings. The highest BCUT2D eigenvalue weighted by atomic mass is 15.2. The Kier molecular flexibility index (Phi) is 3.87. The van der Waals surface area contributed by atoms with E-state index in [2.05, 4.69) is 15.0 Å². The highest BCUT2D eigenvalue weighted by Crippen LogP contribution is 1.82. The van der Waals surface area contributed by atoms with E-state index in [0.717, 1.165) is 0 Å². The first-order chi connectivity index (χ1) is 5.20. The third kappa shape index (κ3) is 4.43. The molecular weight excluding hydrogens is 144 g/mol. The number of nitrogens with zero attached hydrogens (tertiary/aromatic N) is 4. The Labute approximate surface area is 63.6 Å². The lowest BCUT2D eigenvalue weighted by Gasteiger charge is -1.90. The maximum absolute atomic E-state index is 8.02. The van der Waals surface area contributed by atoms with Crippen LogP contribution in [0.15, 0.2) is 10.1 Å². The Morgan fingerprint density at radius 2 is 2.18 bits per heavy atom. The van der Waals surface area contributed by atoms with E-state index in [0.29, 0.717) is 0 Å². The van der Waals surface area contributed by atoms with Crippen LogP contribution < -0.4 is 11.5 Å². The molecule has 0 saturated carbocycles. The van der Waals surface area contributed by atoms with E-state index in [-0.39, 0.29) is 18.1 Å². The minimum absolute atomic E-state index is 0.0515. The lowest BCUT2D eigenvalue weighted by molar-refractivity contribution is 1.33. The van der Waals surface area contributed by atoms with Gasteiger partial charge in [0.2, 0.25) is 6.19 Å². The third-order valence-electron chi connectivity index (χ3n) is 0.734. The maximum atomic E-state index is 8.02. The van der Waals surface area contributed by atoms with E-state index in [1.54, 1.807) is 0 Å². The molecule has 6 heteroatoms. The standard InChI is InChI=1S/C5H6N6/c1-9-11-5(8)2-4(7)10-3-6/h2H2,(H2,7,10)(H2,8,11). The number of aliphatic imine (C=N–C) groups is 1. The van der Waals surface area contributed by atoms with E-state index >= 15 is 0 Å². The third-order valence-corrected chi connectivity index (χ3v) is 0.734. The van der Waals surface area contributed by atoms with Gasteiger partial charge in [0.05, 0.1) is 6.42 Å². The molecule has 0 unspecified atom stereocenters. The molecular formula is C5H6N6. The van der Waals surface area contributed by atoms with Crippen molar-refractivity contribution in [1.29, 1.82) is 5.26 Å². The fourth-order valence-electron chi connectivity index (χ4n) is 0.389. The molecule has 0 aliphatic carbocycles. The quantitative estimate of drug-likeness (QED) is 0.180. The van der Waals surface area contributed by atoms with Gasteiger partial charge in [-0.2, -0.15) is 16.8 Å². The van der Waals surface area contributed by atoms with Crippen LogP contribution in [0.4, 0.5) is 0 Å². The first kappa shape index (κ1) is 8.92. The molecule has 0 aromatic carbocycles. The topological polar surface area (TPSA) is 105 Å². The summed E-state index contributed by atoms with van der Waals surface area (Å²) in [7, 11) is 0. The molecule has 0 aromatic rings. The molecule has 0 amide bonds. The van der Waals surface area contributed by atoms with Crippen LogP contribution in [0.25, 0.3) is 4.95 Å². The Bertz CT molecular complexity index is 234. The van der Waals surface area contributed by atoms with Gasteiger partial charge in [-0.05, 0) is 0 Å². The molecule has 0 rings (SSSR count). The van der Waals surface area contributed by atoms with Crippen LogP contribution in [-0.4, -0.2) is 11.7 Å². The predicted octanol–water partition coefficient (Wildman–Crippen LogP) is -0.594. The zero-order chi connectivity index (χ0) is 8.69. The van der Waals surface area contributed by atoms with Gasteiger partial charge >= 0.3 is 0 Å². The van der Waals surface area contributed by atoms with Gasteiger partial charge in [0.15, 0.2) is 5.84 Å². The highest BCUT2D eigenvalue weighted by molar-refractivity contribution is 6.01. The molecule has 0 bridgehead atoms. The van der Waals surface area contributed by atoms with Crippen molar-refractivity contribution < 1.29 is 0 Å². The summed E-state index contributed by atoms with van der Waals surface area (Å²) in [6.45, 7) is 6.29. The number of rotatable bonds is 2. The van der Waals surface area contributed by atoms with E-state index in [1.807, 2.05) is 0 Å². The molecule has 4 N–H and O–H groups in total. The largest absolute Gasteiger partial charge is 0.386 e. The summed E-state index contributed by atoms with van der Waals surface area (Å²) in [6.07, 6.45) is 1.54. The van der Waals surface area contributed by atoms with Crippen LogP contribution in [0.2, 0.25) is 0 Å². The lowest BCUT2D eigenvalue weighted by atomic mass is 10.4. The van der Waals surface area contributed by atoms with Gasteiger partial charge in [-0.25, -0.2) is 0 Å². The molecule has 0 saturated heterocycles. The fraction of sp³-hybridized carbons (Fsp3) is 0.200. The first-order valence-electron chi connectivity index (χ1n) is 2.60. The molecule has 56 valence electrons. The molecule has 6 nitrogen and oxygen atoms in total. The molecule has 0 aromatic heterocycles. The number of hydrogen-bond donors (Lipinski definition) is 2. The minimum atomic E-state index is 0.0515. The summed E-state index contributed by atoms with van der Waals surface area (Å²) in [5.41, 5.74) is 10.4. The van der Waals surface area contributed by atoms with Crippen LogP contribution in [-0.2, 0) is 0 Å². The molecule has 0 heterocycles. The van der Waals surface area contributed by atoms with Crippen molar-refractivity contribution in [2.75, 3.05) is 0 Å². The summed E-state index contributed by atoms with van der Waals surface area (Å²) >= 11 is 0. The van der Waals surface area contributed by atoms with Gasteiger partial charge in [-0.15, -0.1) is 4.95 Å². The Hall–Kier alpha value is -2.08. The Morgan fingerprint density at radius 3 is 2.64 bits per heavy atom. The van der Waals surface area contributed by atoms with Crippen LogP contribution in [0.5, 0.6) is 0 Å². The number of nitrogens with two attached hydrogens (primary N) is 2. The van der Waals surface area contributed by atoms with E-state index in [4.69, 9.17) is 23.3 Å². The summed E-state index contributed by atoms with van der Waals surface area (Å²) in [6, 6.07) is 0. The Morgan fingerprint density at radius 1 is 1.55 bits per heavy atom. The molecule has 0 fully saturated rings. The smallest absolute Gasteiger partial charge is 0.207 e. The normalized spacial score (nSPS) is 11.8. The molecule has 0 aliphatic heterocycles. The fourth-order valence-corrected chi connectivity index (χ4v) is 0.389. The summed E-state index contributed by atoms with van der Waals surface area (Å²) in [4.78, 5) is 5.85. The van der Waals surface area contributed by atoms with Gasteiger partial charge in [0, 0.05) is 0 Å².